The SMILES string of the molecule is CCCCCn1cccc1-c1ccc2c(c1)C(C)(C)OC(=O)N2. The predicted molar refractivity (Wildman–Crippen MR) is 92.5 cm³/mol. The number of aryl methyl sites for hydroxylation is 1. The summed E-state index contributed by atoms with van der Waals surface area (Å²) in [7, 11) is 0. The van der Waals surface area contributed by atoms with Crippen LogP contribution in [0.2, 0.25) is 0 Å². The maximum atomic E-state index is 11.6. The number of hydrogen-bond donors (Lipinski definition) is 1. The van der Waals surface area contributed by atoms with Crippen LogP contribution >= 0.6 is 0 Å². The zero-order chi connectivity index (χ0) is 16.4. The van der Waals surface area contributed by atoms with Crippen molar-refractivity contribution in [1.29, 1.82) is 0 Å². The largest absolute Gasteiger partial charge is 0.438 e. The van der Waals surface area contributed by atoms with Crippen LogP contribution in [0.25, 0.3) is 11.3 Å². The van der Waals surface area contributed by atoms with E-state index in [1.165, 1.54) is 25.0 Å². The van der Waals surface area contributed by atoms with Crippen molar-refractivity contribution >= 4 is 11.8 Å². The second-order valence-corrected chi connectivity index (χ2v) is 6.58. The van der Waals surface area contributed by atoms with Crippen molar-refractivity contribution in [3.05, 3.63) is 42.1 Å². The number of fused-ring (bicyclic) bond motifs is 1. The standard InChI is InChI=1S/C19H24N2O2/c1-4-5-6-11-21-12-7-8-17(21)14-9-10-16-15(13-14)19(2,3)23-18(22)20-16/h7-10,12-13H,4-6,11H2,1-3H3,(H,20,22). The Morgan fingerprint density at radius 3 is 2.83 bits per heavy atom. The van der Waals surface area contributed by atoms with Gasteiger partial charge in [0.25, 0.3) is 0 Å². The molecule has 0 fully saturated rings. The van der Waals surface area contributed by atoms with E-state index in [0.717, 1.165) is 23.4 Å². The van der Waals surface area contributed by atoms with E-state index in [-0.39, 0.29) is 0 Å². The molecule has 122 valence electrons. The van der Waals surface area contributed by atoms with Gasteiger partial charge in [0.1, 0.15) is 5.60 Å². The van der Waals surface area contributed by atoms with Crippen LogP contribution in [0.15, 0.2) is 36.5 Å². The molecular weight excluding hydrogens is 288 g/mol. The highest BCUT2D eigenvalue weighted by atomic mass is 16.6. The van der Waals surface area contributed by atoms with Crippen molar-refractivity contribution in [2.24, 2.45) is 0 Å². The Labute approximate surface area is 137 Å². The average Bonchev–Trinajstić information content (AvgIpc) is 2.95. The summed E-state index contributed by atoms with van der Waals surface area (Å²) in [4.78, 5) is 11.6. The molecule has 4 heteroatoms. The molecule has 1 N–H and O–H groups in total. The van der Waals surface area contributed by atoms with E-state index in [1.807, 2.05) is 19.9 Å². The zero-order valence-corrected chi connectivity index (χ0v) is 14.1. The van der Waals surface area contributed by atoms with Crippen molar-refractivity contribution in [1.82, 2.24) is 4.57 Å². The van der Waals surface area contributed by atoms with Crippen molar-refractivity contribution < 1.29 is 9.53 Å². The Balaban J connectivity index is 1.94. The number of unbranched alkanes of at least 4 members (excludes halogenated alkanes) is 2. The van der Waals surface area contributed by atoms with Crippen LogP contribution in [0.1, 0.15) is 45.6 Å². The molecule has 1 aromatic carbocycles. The van der Waals surface area contributed by atoms with Gasteiger partial charge in [0, 0.05) is 24.0 Å². The van der Waals surface area contributed by atoms with Crippen LogP contribution in [0.3, 0.4) is 0 Å². The number of carbonyl (C=O) groups is 1. The molecule has 1 amide bonds. The van der Waals surface area contributed by atoms with Gasteiger partial charge in [-0.2, -0.15) is 0 Å². The molecule has 0 unspecified atom stereocenters. The molecular formula is C19H24N2O2. The molecule has 1 aliphatic rings. The quantitative estimate of drug-likeness (QED) is 0.777. The fourth-order valence-corrected chi connectivity index (χ4v) is 3.14. The number of nitrogens with one attached hydrogen (secondary N) is 1. The lowest BCUT2D eigenvalue weighted by molar-refractivity contribution is 0.0421. The number of ether oxygens (including phenoxy) is 1. The van der Waals surface area contributed by atoms with Gasteiger partial charge in [-0.05, 0) is 50.1 Å². The molecule has 0 saturated carbocycles. The number of anilines is 1. The van der Waals surface area contributed by atoms with Crippen LogP contribution in [0.4, 0.5) is 10.5 Å². The summed E-state index contributed by atoms with van der Waals surface area (Å²) in [5, 5.41) is 2.78. The molecule has 0 radical (unpaired) electrons. The Kier molecular flexibility index (Phi) is 4.16. The van der Waals surface area contributed by atoms with Crippen LogP contribution in [-0.2, 0) is 16.9 Å². The van der Waals surface area contributed by atoms with Crippen LogP contribution in [0, 0.1) is 0 Å². The fraction of sp³-hybridized carbons (Fsp3) is 0.421. The normalized spacial score (nSPS) is 15.7. The molecule has 2 aromatic rings. The van der Waals surface area contributed by atoms with Gasteiger partial charge in [0.05, 0.1) is 5.69 Å². The maximum absolute atomic E-state index is 11.6. The molecule has 0 saturated heterocycles. The number of aromatic nitrogens is 1. The summed E-state index contributed by atoms with van der Waals surface area (Å²) in [6.45, 7) is 7.10. The molecule has 4 nitrogen and oxygen atoms in total. The van der Waals surface area contributed by atoms with Gasteiger partial charge in [-0.15, -0.1) is 0 Å². The molecule has 2 heterocycles. The topological polar surface area (TPSA) is 43.3 Å². The van der Waals surface area contributed by atoms with Gasteiger partial charge in [0.15, 0.2) is 0 Å². The van der Waals surface area contributed by atoms with Crippen LogP contribution < -0.4 is 5.32 Å². The first-order valence-electron chi connectivity index (χ1n) is 8.31. The van der Waals surface area contributed by atoms with Gasteiger partial charge in [-0.3, -0.25) is 5.32 Å². The fourth-order valence-electron chi connectivity index (χ4n) is 3.14. The van der Waals surface area contributed by atoms with Crippen molar-refractivity contribution in [3.63, 3.8) is 0 Å². The number of hydrogen-bond acceptors (Lipinski definition) is 2. The minimum atomic E-state index is -0.618. The zero-order valence-electron chi connectivity index (χ0n) is 14.1. The molecule has 1 aromatic heterocycles. The van der Waals surface area contributed by atoms with Gasteiger partial charge in [0.2, 0.25) is 0 Å². The lowest BCUT2D eigenvalue weighted by Gasteiger charge is -2.32. The van der Waals surface area contributed by atoms with E-state index in [4.69, 9.17) is 4.74 Å². The lowest BCUT2D eigenvalue weighted by atomic mass is 9.92. The highest BCUT2D eigenvalue weighted by Gasteiger charge is 2.33. The average molecular weight is 312 g/mol. The summed E-state index contributed by atoms with van der Waals surface area (Å²) in [5.74, 6) is 0. The first-order chi connectivity index (χ1) is 11.0. The van der Waals surface area contributed by atoms with E-state index in [9.17, 15) is 4.79 Å². The minimum Gasteiger partial charge on any atom is -0.438 e. The second kappa shape index (κ2) is 6.11. The van der Waals surface area contributed by atoms with E-state index < -0.39 is 11.7 Å². The van der Waals surface area contributed by atoms with Gasteiger partial charge >= 0.3 is 6.09 Å². The Morgan fingerprint density at radius 1 is 1.22 bits per heavy atom. The predicted octanol–water partition coefficient (Wildman–Crippen LogP) is 5.14. The molecule has 0 atom stereocenters. The Hall–Kier alpha value is -2.23. The van der Waals surface area contributed by atoms with E-state index in [0.29, 0.717) is 0 Å². The van der Waals surface area contributed by atoms with Gasteiger partial charge in [-0.1, -0.05) is 25.8 Å². The minimum absolute atomic E-state index is 0.391. The molecule has 0 aliphatic carbocycles. The maximum Gasteiger partial charge on any atom is 0.412 e. The first-order valence-corrected chi connectivity index (χ1v) is 8.31. The second-order valence-electron chi connectivity index (χ2n) is 6.58. The van der Waals surface area contributed by atoms with Gasteiger partial charge in [-0.25, -0.2) is 4.79 Å². The van der Waals surface area contributed by atoms with E-state index >= 15 is 0 Å². The highest BCUT2D eigenvalue weighted by Crippen LogP contribution is 2.38. The van der Waals surface area contributed by atoms with Crippen molar-refractivity contribution in [3.8, 4) is 11.3 Å². The molecule has 1 aliphatic heterocycles. The summed E-state index contributed by atoms with van der Waals surface area (Å²) >= 11 is 0. The monoisotopic (exact) mass is 312 g/mol. The van der Waals surface area contributed by atoms with Crippen LogP contribution in [0.5, 0.6) is 0 Å². The smallest absolute Gasteiger partial charge is 0.412 e. The molecule has 23 heavy (non-hydrogen) atoms. The Morgan fingerprint density at radius 2 is 2.04 bits per heavy atom. The van der Waals surface area contributed by atoms with E-state index in [2.05, 4.69) is 47.3 Å². The third-order valence-electron chi connectivity index (χ3n) is 4.38. The lowest BCUT2D eigenvalue weighted by Crippen LogP contribution is -2.34. The van der Waals surface area contributed by atoms with Crippen molar-refractivity contribution in [2.45, 2.75) is 52.2 Å². The number of cyclic esters (lactones) is 1. The van der Waals surface area contributed by atoms with E-state index in [1.54, 1.807) is 0 Å². The molecule has 0 spiro atoms. The number of nitrogens with zero attached hydrogens (tertiary/aromatic N) is 1. The number of benzene rings is 1. The Bertz CT molecular complexity index is 716. The van der Waals surface area contributed by atoms with Crippen molar-refractivity contribution in [2.75, 3.05) is 5.32 Å². The number of amides is 1. The molecule has 0 bridgehead atoms. The number of carbonyl (C=O) groups excluding carboxylic acids is 1. The summed E-state index contributed by atoms with van der Waals surface area (Å²) in [6.07, 6.45) is 5.40. The van der Waals surface area contributed by atoms with Gasteiger partial charge < -0.3 is 9.30 Å². The highest BCUT2D eigenvalue weighted by molar-refractivity contribution is 5.89. The third kappa shape index (κ3) is 3.11. The molecule has 3 rings (SSSR count). The number of rotatable bonds is 5. The first kappa shape index (κ1) is 15.7. The third-order valence-corrected chi connectivity index (χ3v) is 4.38. The summed E-state index contributed by atoms with van der Waals surface area (Å²) < 4.78 is 7.72. The van der Waals surface area contributed by atoms with Crippen LogP contribution in [-0.4, -0.2) is 10.7 Å². The summed E-state index contributed by atoms with van der Waals surface area (Å²) in [5.41, 5.74) is 3.58. The summed E-state index contributed by atoms with van der Waals surface area (Å²) in [6, 6.07) is 10.4.